The Morgan fingerprint density at radius 3 is 2.19 bits per heavy atom. The second-order valence-electron chi connectivity index (χ2n) is 9.68. The Kier molecular flexibility index (Phi) is 6.23. The molecule has 172 valence electrons. The number of alkyl halides is 1. The number of carbonyl (C=O) groups is 2. The lowest BCUT2D eigenvalue weighted by molar-refractivity contribution is 0.0429. The van der Waals surface area contributed by atoms with Crippen molar-refractivity contribution >= 4 is 38.1 Å². The van der Waals surface area contributed by atoms with Gasteiger partial charge in [-0.05, 0) is 66.4 Å². The van der Waals surface area contributed by atoms with Crippen LogP contribution in [0.15, 0.2) is 0 Å². The lowest BCUT2D eigenvalue weighted by atomic mass is 10.1. The number of aryl methyl sites for hydroxylation is 2. The summed E-state index contributed by atoms with van der Waals surface area (Å²) in [6.45, 7) is 9.95. The predicted molar refractivity (Wildman–Crippen MR) is 121 cm³/mol. The molecule has 0 saturated carbocycles. The standard InChI is InChI=1S/C22H28FN4O4P/c1-21(2,3)30-19(28)27(20(29)31-22(4,5)6)18-12(10-24)14-15(26-18)11-8-7-9-13(11)25-16(14)17(23)32/h17,26H,7-9,32H2,1-6H3. The van der Waals surface area contributed by atoms with Gasteiger partial charge in [0, 0.05) is 11.1 Å². The smallest absolute Gasteiger partial charge is 0.425 e. The van der Waals surface area contributed by atoms with E-state index in [-0.39, 0.29) is 22.5 Å². The van der Waals surface area contributed by atoms with E-state index in [0.29, 0.717) is 23.3 Å². The Balaban J connectivity index is 2.29. The molecular formula is C22H28FN4O4P. The number of hydrogen-bond acceptors (Lipinski definition) is 6. The van der Waals surface area contributed by atoms with Crippen molar-refractivity contribution in [3.8, 4) is 6.07 Å². The molecule has 10 heteroatoms. The highest BCUT2D eigenvalue weighted by atomic mass is 31.0. The molecule has 3 rings (SSSR count). The third-order valence-electron chi connectivity index (χ3n) is 4.73. The summed E-state index contributed by atoms with van der Waals surface area (Å²) in [5.41, 5.74) is 0.275. The van der Waals surface area contributed by atoms with E-state index in [4.69, 9.17) is 9.47 Å². The molecule has 2 amide bonds. The first-order valence-electron chi connectivity index (χ1n) is 10.4. The molecule has 1 N–H and O–H groups in total. The third kappa shape index (κ3) is 4.71. The van der Waals surface area contributed by atoms with Crippen LogP contribution in [0, 0.1) is 11.3 Å². The van der Waals surface area contributed by atoms with E-state index in [0.717, 1.165) is 17.7 Å². The first-order chi connectivity index (χ1) is 14.7. The fourth-order valence-corrected chi connectivity index (χ4v) is 3.88. The van der Waals surface area contributed by atoms with E-state index >= 15 is 0 Å². The van der Waals surface area contributed by atoms with Gasteiger partial charge in [-0.3, -0.25) is 4.98 Å². The summed E-state index contributed by atoms with van der Waals surface area (Å²) < 4.78 is 25.3. The number of halogens is 1. The number of ether oxygens (including phenoxy) is 2. The van der Waals surface area contributed by atoms with Crippen LogP contribution in [0.25, 0.3) is 10.9 Å². The van der Waals surface area contributed by atoms with E-state index in [9.17, 15) is 19.2 Å². The average Bonchev–Trinajstić information content (AvgIpc) is 3.21. The fraction of sp³-hybridized carbons (Fsp3) is 0.545. The summed E-state index contributed by atoms with van der Waals surface area (Å²) >= 11 is 0. The summed E-state index contributed by atoms with van der Waals surface area (Å²) in [6.07, 6.45) is 0.198. The number of aromatic amines is 1. The Bertz CT molecular complexity index is 1090. The minimum atomic E-state index is -1.53. The van der Waals surface area contributed by atoms with Gasteiger partial charge in [0.05, 0.1) is 11.2 Å². The van der Waals surface area contributed by atoms with Gasteiger partial charge >= 0.3 is 12.2 Å². The van der Waals surface area contributed by atoms with Gasteiger partial charge in [-0.2, -0.15) is 10.2 Å². The summed E-state index contributed by atoms with van der Waals surface area (Å²) in [6, 6.07) is 2.02. The number of hydrogen-bond donors (Lipinski definition) is 1. The normalized spacial score (nSPS) is 14.6. The number of H-pyrrole nitrogens is 1. The van der Waals surface area contributed by atoms with Crippen LogP contribution in [0.2, 0.25) is 0 Å². The molecule has 8 nitrogen and oxygen atoms in total. The minimum Gasteiger partial charge on any atom is -0.443 e. The van der Waals surface area contributed by atoms with Gasteiger partial charge < -0.3 is 14.5 Å². The van der Waals surface area contributed by atoms with Crippen LogP contribution < -0.4 is 4.90 Å². The Morgan fingerprint density at radius 2 is 1.72 bits per heavy atom. The number of aromatic nitrogens is 2. The molecule has 2 atom stereocenters. The van der Waals surface area contributed by atoms with Crippen LogP contribution in [0.3, 0.4) is 0 Å². The molecule has 1 aliphatic carbocycles. The van der Waals surface area contributed by atoms with E-state index < -0.39 is 29.3 Å². The molecule has 2 unspecified atom stereocenters. The molecule has 0 spiro atoms. The Labute approximate surface area is 188 Å². The number of imide groups is 1. The maximum absolute atomic E-state index is 14.5. The number of anilines is 1. The van der Waals surface area contributed by atoms with Crippen molar-refractivity contribution < 1.29 is 23.5 Å². The number of pyridine rings is 1. The van der Waals surface area contributed by atoms with Gasteiger partial charge in [0.15, 0.2) is 5.91 Å². The molecule has 0 fully saturated rings. The Hall–Kier alpha value is -2.72. The molecular weight excluding hydrogens is 434 g/mol. The molecule has 0 bridgehead atoms. The van der Waals surface area contributed by atoms with Crippen molar-refractivity contribution in [1.29, 1.82) is 5.26 Å². The van der Waals surface area contributed by atoms with Gasteiger partial charge in [0.25, 0.3) is 0 Å². The highest BCUT2D eigenvalue weighted by Crippen LogP contribution is 2.41. The predicted octanol–water partition coefficient (Wildman–Crippen LogP) is 5.44. The number of nitriles is 1. The molecule has 0 radical (unpaired) electrons. The molecule has 1 aliphatic rings. The van der Waals surface area contributed by atoms with Crippen molar-refractivity contribution in [2.45, 2.75) is 77.9 Å². The lowest BCUT2D eigenvalue weighted by Gasteiger charge is -2.28. The van der Waals surface area contributed by atoms with Crippen molar-refractivity contribution in [3.63, 3.8) is 0 Å². The van der Waals surface area contributed by atoms with Gasteiger partial charge in [-0.15, -0.1) is 0 Å². The zero-order valence-corrected chi connectivity index (χ0v) is 20.3. The van der Waals surface area contributed by atoms with Crippen molar-refractivity contribution in [3.05, 3.63) is 22.5 Å². The number of carbonyl (C=O) groups excluding carboxylic acids is 2. The van der Waals surface area contributed by atoms with E-state index in [1.807, 2.05) is 15.3 Å². The first kappa shape index (κ1) is 23.9. The third-order valence-corrected chi connectivity index (χ3v) is 5.05. The SMILES string of the molecule is CC(C)(C)OC(=O)N(C(=O)OC(C)(C)C)c1[nH]c2c3c(nc(C(F)P)c2c1C#N)CCC3. The molecule has 2 heterocycles. The largest absolute Gasteiger partial charge is 0.443 e. The number of fused-ring (bicyclic) bond motifs is 3. The number of amides is 2. The van der Waals surface area contributed by atoms with Crippen molar-refractivity contribution in [2.75, 3.05) is 4.90 Å². The number of rotatable bonds is 2. The van der Waals surface area contributed by atoms with Crippen molar-refractivity contribution in [2.24, 2.45) is 0 Å². The summed E-state index contributed by atoms with van der Waals surface area (Å²) in [7, 11) is 2.04. The lowest BCUT2D eigenvalue weighted by Crippen LogP contribution is -2.44. The van der Waals surface area contributed by atoms with Gasteiger partial charge in [0.2, 0.25) is 0 Å². The number of nitrogens with one attached hydrogen (secondary N) is 1. The van der Waals surface area contributed by atoms with Crippen molar-refractivity contribution in [1.82, 2.24) is 9.97 Å². The second-order valence-corrected chi connectivity index (χ2v) is 10.3. The Morgan fingerprint density at radius 1 is 1.16 bits per heavy atom. The van der Waals surface area contributed by atoms with Crippen LogP contribution in [0.4, 0.5) is 19.8 Å². The zero-order valence-electron chi connectivity index (χ0n) is 19.1. The fourth-order valence-electron chi connectivity index (χ4n) is 3.64. The van der Waals surface area contributed by atoms with Crippen LogP contribution in [-0.2, 0) is 22.3 Å². The second kappa shape index (κ2) is 8.32. The monoisotopic (exact) mass is 462 g/mol. The van der Waals surface area contributed by atoms with Gasteiger partial charge in [-0.25, -0.2) is 14.0 Å². The van der Waals surface area contributed by atoms with E-state index in [1.54, 1.807) is 41.5 Å². The van der Waals surface area contributed by atoms with Gasteiger partial charge in [-0.1, -0.05) is 9.24 Å². The topological polar surface area (TPSA) is 108 Å². The van der Waals surface area contributed by atoms with Crippen LogP contribution >= 0.6 is 9.24 Å². The van der Waals surface area contributed by atoms with E-state index in [1.165, 1.54) is 0 Å². The summed E-state index contributed by atoms with van der Waals surface area (Å²) in [5, 5.41) is 10.2. The van der Waals surface area contributed by atoms with Gasteiger partial charge in [0.1, 0.15) is 28.7 Å². The zero-order chi connectivity index (χ0) is 24.0. The minimum absolute atomic E-state index is 0.0676. The molecule has 0 aromatic carbocycles. The molecule has 0 aliphatic heterocycles. The van der Waals surface area contributed by atoms with Crippen LogP contribution in [0.1, 0.15) is 76.4 Å². The summed E-state index contributed by atoms with van der Waals surface area (Å²) in [5.74, 6) is -1.66. The van der Waals surface area contributed by atoms with E-state index in [2.05, 4.69) is 9.97 Å². The average molecular weight is 462 g/mol. The highest BCUT2D eigenvalue weighted by molar-refractivity contribution is 7.16. The first-order valence-corrected chi connectivity index (χ1v) is 11.0. The van der Waals surface area contributed by atoms with Crippen LogP contribution in [0.5, 0.6) is 0 Å². The maximum Gasteiger partial charge on any atom is 0.425 e. The highest BCUT2D eigenvalue weighted by Gasteiger charge is 2.37. The molecule has 2 aromatic rings. The molecule has 2 aromatic heterocycles. The number of nitrogens with zero attached hydrogens (tertiary/aromatic N) is 3. The quantitative estimate of drug-likeness (QED) is 0.595. The summed E-state index contributed by atoms with van der Waals surface area (Å²) in [4.78, 5) is 34.3. The molecule has 0 saturated heterocycles. The molecule has 32 heavy (non-hydrogen) atoms. The maximum atomic E-state index is 14.5. The van der Waals surface area contributed by atoms with Crippen LogP contribution in [-0.4, -0.2) is 33.4 Å².